The third-order valence-corrected chi connectivity index (χ3v) is 5.07. The summed E-state index contributed by atoms with van der Waals surface area (Å²) in [5, 5.41) is 6.35. The number of hydrogen-bond acceptors (Lipinski definition) is 3. The Morgan fingerprint density at radius 1 is 1.42 bits per heavy atom. The lowest BCUT2D eigenvalue weighted by Gasteiger charge is -2.61. The summed E-state index contributed by atoms with van der Waals surface area (Å²) in [6, 6.07) is 0.529. The highest BCUT2D eigenvalue weighted by molar-refractivity contribution is 5.81. The summed E-state index contributed by atoms with van der Waals surface area (Å²) in [6.45, 7) is 7.60. The molecule has 2 saturated carbocycles. The molecule has 2 aliphatic carbocycles. The Morgan fingerprint density at radius 3 is 2.58 bits per heavy atom. The molecule has 0 aromatic rings. The second kappa shape index (κ2) is 5.41. The Morgan fingerprint density at radius 2 is 2.11 bits per heavy atom. The Balaban J connectivity index is 1.86. The van der Waals surface area contributed by atoms with Gasteiger partial charge in [-0.3, -0.25) is 4.79 Å². The molecule has 2 rings (SSSR count). The monoisotopic (exact) mass is 268 g/mol. The van der Waals surface area contributed by atoms with Gasteiger partial charge in [0.05, 0.1) is 11.5 Å². The molecule has 0 bridgehead atoms. The molecule has 2 fully saturated rings. The van der Waals surface area contributed by atoms with E-state index in [1.54, 1.807) is 7.05 Å². The van der Waals surface area contributed by atoms with Gasteiger partial charge in [-0.1, -0.05) is 6.42 Å². The van der Waals surface area contributed by atoms with Crippen molar-refractivity contribution >= 4 is 5.91 Å². The lowest BCUT2D eigenvalue weighted by molar-refractivity contribution is -0.174. The molecule has 2 N–H and O–H groups in total. The Bertz CT molecular complexity index is 337. The standard InChI is InChI=1S/C15H28N2O2/c1-5-19-12-9-11(15(12)7-6-8-15)17-10-14(2,3)13(18)16-4/h11-12,17H,5-10H2,1-4H3,(H,16,18). The first kappa shape index (κ1) is 14.8. The van der Waals surface area contributed by atoms with Crippen LogP contribution in [-0.4, -0.2) is 38.3 Å². The van der Waals surface area contributed by atoms with E-state index in [0.717, 1.165) is 19.6 Å². The van der Waals surface area contributed by atoms with E-state index in [0.29, 0.717) is 17.6 Å². The Labute approximate surface area is 116 Å². The van der Waals surface area contributed by atoms with Crippen molar-refractivity contribution in [1.29, 1.82) is 0 Å². The quantitative estimate of drug-likeness (QED) is 0.771. The molecule has 0 radical (unpaired) electrons. The molecule has 2 atom stereocenters. The fourth-order valence-electron chi connectivity index (χ4n) is 3.52. The van der Waals surface area contributed by atoms with Gasteiger partial charge in [0.1, 0.15) is 0 Å². The van der Waals surface area contributed by atoms with Crippen LogP contribution in [0.5, 0.6) is 0 Å². The van der Waals surface area contributed by atoms with Crippen molar-refractivity contribution in [2.75, 3.05) is 20.2 Å². The first-order chi connectivity index (χ1) is 8.96. The summed E-state index contributed by atoms with van der Waals surface area (Å²) >= 11 is 0. The summed E-state index contributed by atoms with van der Waals surface area (Å²) in [5.41, 5.74) is 0.0190. The van der Waals surface area contributed by atoms with E-state index in [1.165, 1.54) is 19.3 Å². The van der Waals surface area contributed by atoms with E-state index in [-0.39, 0.29) is 11.3 Å². The minimum atomic E-state index is -0.351. The van der Waals surface area contributed by atoms with Gasteiger partial charge in [-0.15, -0.1) is 0 Å². The van der Waals surface area contributed by atoms with Crippen LogP contribution in [0.15, 0.2) is 0 Å². The molecule has 1 spiro atoms. The summed E-state index contributed by atoms with van der Waals surface area (Å²) in [5.74, 6) is 0.100. The normalized spacial score (nSPS) is 28.6. The molecular weight excluding hydrogens is 240 g/mol. The Kier molecular flexibility index (Phi) is 4.21. The molecule has 0 heterocycles. The van der Waals surface area contributed by atoms with E-state index in [2.05, 4.69) is 17.6 Å². The predicted octanol–water partition coefficient (Wildman–Crippen LogP) is 1.70. The second-order valence-corrected chi connectivity index (χ2v) is 6.66. The van der Waals surface area contributed by atoms with Crippen LogP contribution in [0, 0.1) is 10.8 Å². The Hall–Kier alpha value is -0.610. The smallest absolute Gasteiger partial charge is 0.226 e. The number of nitrogens with one attached hydrogen (secondary N) is 2. The molecule has 19 heavy (non-hydrogen) atoms. The largest absolute Gasteiger partial charge is 0.378 e. The van der Waals surface area contributed by atoms with Gasteiger partial charge in [0.25, 0.3) is 0 Å². The van der Waals surface area contributed by atoms with Gasteiger partial charge in [-0.2, -0.15) is 0 Å². The zero-order valence-corrected chi connectivity index (χ0v) is 12.7. The maximum absolute atomic E-state index is 11.8. The highest BCUT2D eigenvalue weighted by Crippen LogP contribution is 2.57. The van der Waals surface area contributed by atoms with E-state index >= 15 is 0 Å². The lowest BCUT2D eigenvalue weighted by atomic mass is 9.51. The van der Waals surface area contributed by atoms with E-state index in [1.807, 2.05) is 13.8 Å². The minimum Gasteiger partial charge on any atom is -0.378 e. The van der Waals surface area contributed by atoms with Gasteiger partial charge in [-0.05, 0) is 40.0 Å². The van der Waals surface area contributed by atoms with Crippen molar-refractivity contribution in [2.45, 2.75) is 58.6 Å². The molecule has 110 valence electrons. The number of carbonyl (C=O) groups excluding carboxylic acids is 1. The average Bonchev–Trinajstić information content (AvgIpc) is 2.29. The average molecular weight is 268 g/mol. The molecule has 0 aromatic carbocycles. The number of hydrogen-bond donors (Lipinski definition) is 2. The van der Waals surface area contributed by atoms with Crippen LogP contribution < -0.4 is 10.6 Å². The second-order valence-electron chi connectivity index (χ2n) is 6.66. The molecule has 4 heteroatoms. The highest BCUT2D eigenvalue weighted by atomic mass is 16.5. The lowest BCUT2D eigenvalue weighted by Crippen LogP contribution is -2.67. The maximum Gasteiger partial charge on any atom is 0.226 e. The maximum atomic E-state index is 11.8. The summed E-state index contributed by atoms with van der Waals surface area (Å²) in [4.78, 5) is 11.8. The zero-order chi connectivity index (χ0) is 14.1. The van der Waals surface area contributed by atoms with Crippen molar-refractivity contribution in [1.82, 2.24) is 10.6 Å². The fraction of sp³-hybridized carbons (Fsp3) is 0.933. The first-order valence-electron chi connectivity index (χ1n) is 7.53. The fourth-order valence-corrected chi connectivity index (χ4v) is 3.52. The van der Waals surface area contributed by atoms with Crippen molar-refractivity contribution in [3.05, 3.63) is 0 Å². The molecule has 0 aromatic heterocycles. The van der Waals surface area contributed by atoms with Crippen molar-refractivity contribution in [3.63, 3.8) is 0 Å². The molecule has 2 unspecified atom stereocenters. The summed E-state index contributed by atoms with van der Waals surface area (Å²) in [7, 11) is 1.70. The van der Waals surface area contributed by atoms with Gasteiger partial charge in [0, 0.05) is 31.7 Å². The van der Waals surface area contributed by atoms with Crippen LogP contribution in [0.1, 0.15) is 46.5 Å². The zero-order valence-electron chi connectivity index (χ0n) is 12.7. The van der Waals surface area contributed by atoms with Gasteiger partial charge in [-0.25, -0.2) is 0 Å². The number of amides is 1. The third-order valence-electron chi connectivity index (χ3n) is 5.07. The van der Waals surface area contributed by atoms with Crippen LogP contribution >= 0.6 is 0 Å². The predicted molar refractivity (Wildman–Crippen MR) is 76.0 cm³/mol. The van der Waals surface area contributed by atoms with Crippen molar-refractivity contribution in [3.8, 4) is 0 Å². The molecule has 0 saturated heterocycles. The topological polar surface area (TPSA) is 50.4 Å². The third kappa shape index (κ3) is 2.52. The minimum absolute atomic E-state index is 0.100. The van der Waals surface area contributed by atoms with Crippen LogP contribution in [0.2, 0.25) is 0 Å². The van der Waals surface area contributed by atoms with Crippen LogP contribution in [-0.2, 0) is 9.53 Å². The molecular formula is C15H28N2O2. The van der Waals surface area contributed by atoms with Gasteiger partial charge >= 0.3 is 0 Å². The SMILES string of the molecule is CCOC1CC(NCC(C)(C)C(=O)NC)C12CCC2. The molecule has 2 aliphatic rings. The first-order valence-corrected chi connectivity index (χ1v) is 7.53. The number of ether oxygens (including phenoxy) is 1. The van der Waals surface area contributed by atoms with Crippen LogP contribution in [0.25, 0.3) is 0 Å². The number of rotatable bonds is 6. The van der Waals surface area contributed by atoms with Gasteiger partial charge in [0.2, 0.25) is 5.91 Å². The van der Waals surface area contributed by atoms with Crippen molar-refractivity contribution in [2.24, 2.45) is 10.8 Å². The molecule has 1 amide bonds. The van der Waals surface area contributed by atoms with E-state index in [4.69, 9.17) is 4.74 Å². The van der Waals surface area contributed by atoms with Gasteiger partial charge < -0.3 is 15.4 Å². The number of carbonyl (C=O) groups is 1. The highest BCUT2D eigenvalue weighted by Gasteiger charge is 2.58. The van der Waals surface area contributed by atoms with Crippen molar-refractivity contribution < 1.29 is 9.53 Å². The van der Waals surface area contributed by atoms with Crippen LogP contribution in [0.4, 0.5) is 0 Å². The summed E-state index contributed by atoms with van der Waals surface area (Å²) < 4.78 is 5.85. The van der Waals surface area contributed by atoms with Gasteiger partial charge in [0.15, 0.2) is 0 Å². The molecule has 0 aliphatic heterocycles. The summed E-state index contributed by atoms with van der Waals surface area (Å²) in [6.07, 6.45) is 5.40. The molecule has 4 nitrogen and oxygen atoms in total. The van der Waals surface area contributed by atoms with Crippen LogP contribution in [0.3, 0.4) is 0 Å². The van der Waals surface area contributed by atoms with E-state index in [9.17, 15) is 4.79 Å². The van der Waals surface area contributed by atoms with E-state index < -0.39 is 0 Å².